The zero-order valence-electron chi connectivity index (χ0n) is 16.5. The molecule has 0 fully saturated rings. The third-order valence-corrected chi connectivity index (χ3v) is 10.4. The number of rotatable bonds is 10. The van der Waals surface area contributed by atoms with Gasteiger partial charge in [-0.1, -0.05) is 44.0 Å². The van der Waals surface area contributed by atoms with Gasteiger partial charge in [-0.25, -0.2) is 8.78 Å². The minimum atomic E-state index is -1.91. The third kappa shape index (κ3) is 6.26. The summed E-state index contributed by atoms with van der Waals surface area (Å²) in [6, 6.07) is 11.9. The van der Waals surface area contributed by atoms with Gasteiger partial charge in [-0.15, -0.1) is 0 Å². The Labute approximate surface area is 177 Å². The lowest BCUT2D eigenvalue weighted by Crippen LogP contribution is -2.39. The summed E-state index contributed by atoms with van der Waals surface area (Å²) >= 11 is 12.6. The Morgan fingerprint density at radius 2 is 1.57 bits per heavy atom. The largest absolute Gasteiger partial charge is 0.409 e. The van der Waals surface area contributed by atoms with E-state index in [1.807, 2.05) is 6.07 Å². The molecule has 0 aliphatic rings. The summed E-state index contributed by atoms with van der Waals surface area (Å²) in [5.41, 5.74) is 1.37. The average molecular weight is 446 g/mol. The van der Waals surface area contributed by atoms with Crippen molar-refractivity contribution in [1.82, 2.24) is 5.32 Å². The second-order valence-corrected chi connectivity index (χ2v) is 12.5. The summed E-state index contributed by atoms with van der Waals surface area (Å²) in [6.45, 7) is 7.29. The molecule has 1 unspecified atom stereocenters. The fraction of sp³-hybridized carbons (Fsp3) is 0.429. The zero-order chi connectivity index (χ0) is 20.7. The monoisotopic (exact) mass is 445 g/mol. The Hall–Kier alpha value is -0.983. The molecule has 0 spiro atoms. The van der Waals surface area contributed by atoms with E-state index in [0.29, 0.717) is 28.7 Å². The van der Waals surface area contributed by atoms with Crippen molar-refractivity contribution in [1.29, 1.82) is 0 Å². The van der Waals surface area contributed by atoms with Gasteiger partial charge in [0.15, 0.2) is 8.32 Å². The van der Waals surface area contributed by atoms with Gasteiger partial charge in [0.1, 0.15) is 11.6 Å². The summed E-state index contributed by atoms with van der Waals surface area (Å²) in [6.07, 6.45) is -0.281. The summed E-state index contributed by atoms with van der Waals surface area (Å²) in [5.74, 6) is -1.17. The normalized spacial score (nSPS) is 13.0. The maximum Gasteiger partial charge on any atom is 0.192 e. The van der Waals surface area contributed by atoms with Gasteiger partial charge < -0.3 is 9.74 Å². The molecule has 0 saturated heterocycles. The summed E-state index contributed by atoms with van der Waals surface area (Å²) in [4.78, 5) is 0. The van der Waals surface area contributed by atoms with Crippen LogP contribution in [0.25, 0.3) is 0 Å². The number of hydrogen-bond donors (Lipinski definition) is 1. The lowest BCUT2D eigenvalue weighted by Gasteiger charge is -2.34. The molecule has 2 aromatic carbocycles. The zero-order valence-corrected chi connectivity index (χ0v) is 19.0. The molecule has 1 atom stereocenters. The number of benzene rings is 2. The second-order valence-electron chi connectivity index (χ2n) is 6.92. The van der Waals surface area contributed by atoms with E-state index in [0.717, 1.165) is 29.8 Å². The van der Waals surface area contributed by atoms with E-state index in [1.165, 1.54) is 12.1 Å². The molecule has 0 aliphatic carbocycles. The van der Waals surface area contributed by atoms with Crippen LogP contribution in [0.5, 0.6) is 0 Å². The van der Waals surface area contributed by atoms with Crippen LogP contribution in [0.3, 0.4) is 0 Å². The van der Waals surface area contributed by atoms with Crippen molar-refractivity contribution in [3.8, 4) is 0 Å². The molecular weight excluding hydrogens is 419 g/mol. The first-order valence-electron chi connectivity index (χ1n) is 9.61. The first-order valence-corrected chi connectivity index (χ1v) is 12.9. The van der Waals surface area contributed by atoms with Crippen LogP contribution in [0.15, 0.2) is 36.4 Å². The van der Waals surface area contributed by atoms with E-state index >= 15 is 0 Å². The fourth-order valence-electron chi connectivity index (χ4n) is 3.34. The molecular formula is C21H27Cl2F2NOSi. The van der Waals surface area contributed by atoms with Crippen molar-refractivity contribution >= 4 is 31.5 Å². The molecule has 0 saturated carbocycles. The van der Waals surface area contributed by atoms with Crippen molar-refractivity contribution in [3.63, 3.8) is 0 Å². The average Bonchev–Trinajstić information content (AvgIpc) is 2.66. The van der Waals surface area contributed by atoms with Crippen molar-refractivity contribution in [3.05, 3.63) is 69.2 Å². The Morgan fingerprint density at radius 1 is 0.964 bits per heavy atom. The quantitative estimate of drug-likeness (QED) is 0.392. The van der Waals surface area contributed by atoms with Gasteiger partial charge in [0.05, 0.1) is 6.10 Å². The first kappa shape index (κ1) is 23.3. The molecule has 1 N–H and O–H groups in total. The van der Waals surface area contributed by atoms with Crippen LogP contribution in [0.1, 0.15) is 38.0 Å². The molecule has 2 aromatic rings. The fourth-order valence-corrected chi connectivity index (χ4v) is 6.57. The third-order valence-electron chi connectivity index (χ3n) is 5.21. The van der Waals surface area contributed by atoms with Gasteiger partial charge in [-0.05, 0) is 54.0 Å². The SMILES string of the molecule is CC[Si](CC)(CC)OC(CNCc1cc(F)cc(F)c1)c1cc(Cl)ccc1Cl. The Balaban J connectivity index is 2.21. The highest BCUT2D eigenvalue weighted by Gasteiger charge is 2.33. The van der Waals surface area contributed by atoms with Crippen LogP contribution in [-0.2, 0) is 11.0 Å². The highest BCUT2D eigenvalue weighted by atomic mass is 35.5. The van der Waals surface area contributed by atoms with Crippen molar-refractivity contribution < 1.29 is 13.2 Å². The number of halogens is 4. The number of hydrogen-bond acceptors (Lipinski definition) is 2. The molecule has 154 valence electrons. The smallest absolute Gasteiger partial charge is 0.192 e. The predicted octanol–water partition coefficient (Wildman–Crippen LogP) is 7.12. The standard InChI is InChI=1S/C21H27Cl2F2NOSi/c1-4-28(5-2,6-3)27-21(19-11-16(22)7-8-20(19)23)14-26-13-15-9-17(24)12-18(25)10-15/h7-12,21,26H,4-6,13-14H2,1-3H3. The van der Waals surface area contributed by atoms with Crippen LogP contribution < -0.4 is 5.32 Å². The summed E-state index contributed by atoms with van der Waals surface area (Å²) in [7, 11) is -1.91. The molecule has 0 heterocycles. The molecule has 0 radical (unpaired) electrons. The van der Waals surface area contributed by atoms with Crippen LogP contribution in [-0.4, -0.2) is 14.9 Å². The first-order chi connectivity index (χ1) is 13.3. The Bertz CT molecular complexity index is 758. The maximum absolute atomic E-state index is 13.4. The lowest BCUT2D eigenvalue weighted by molar-refractivity contribution is 0.186. The molecule has 7 heteroatoms. The molecule has 0 bridgehead atoms. The van der Waals surface area contributed by atoms with Gasteiger partial charge >= 0.3 is 0 Å². The van der Waals surface area contributed by atoms with E-state index in [4.69, 9.17) is 27.6 Å². The molecule has 0 aliphatic heterocycles. The molecule has 28 heavy (non-hydrogen) atoms. The highest BCUT2D eigenvalue weighted by molar-refractivity contribution is 6.73. The molecule has 0 aromatic heterocycles. The van der Waals surface area contributed by atoms with Gasteiger partial charge in [-0.3, -0.25) is 0 Å². The van der Waals surface area contributed by atoms with Crippen molar-refractivity contribution in [2.24, 2.45) is 0 Å². The van der Waals surface area contributed by atoms with Crippen LogP contribution >= 0.6 is 23.2 Å². The van der Waals surface area contributed by atoms with Gasteiger partial charge in [0, 0.05) is 34.8 Å². The van der Waals surface area contributed by atoms with Gasteiger partial charge in [0.2, 0.25) is 0 Å². The van der Waals surface area contributed by atoms with E-state index < -0.39 is 20.0 Å². The number of nitrogens with one attached hydrogen (secondary N) is 1. The minimum Gasteiger partial charge on any atom is -0.409 e. The van der Waals surface area contributed by atoms with Crippen molar-refractivity contribution in [2.45, 2.75) is 51.6 Å². The van der Waals surface area contributed by atoms with Crippen LogP contribution in [0, 0.1) is 11.6 Å². The lowest BCUT2D eigenvalue weighted by atomic mass is 10.1. The van der Waals surface area contributed by atoms with Gasteiger partial charge in [-0.2, -0.15) is 0 Å². The highest BCUT2D eigenvalue weighted by Crippen LogP contribution is 2.34. The van der Waals surface area contributed by atoms with Crippen molar-refractivity contribution in [2.75, 3.05) is 6.54 Å². The molecule has 2 rings (SSSR count). The van der Waals surface area contributed by atoms with E-state index in [-0.39, 0.29) is 6.10 Å². The van der Waals surface area contributed by atoms with Crippen LogP contribution in [0.4, 0.5) is 8.78 Å². The topological polar surface area (TPSA) is 21.3 Å². The Morgan fingerprint density at radius 3 is 2.14 bits per heavy atom. The van der Waals surface area contributed by atoms with E-state index in [9.17, 15) is 8.78 Å². The maximum atomic E-state index is 13.4. The second kappa shape index (κ2) is 10.7. The molecule has 2 nitrogen and oxygen atoms in total. The summed E-state index contributed by atoms with van der Waals surface area (Å²) < 4.78 is 33.5. The predicted molar refractivity (Wildman–Crippen MR) is 116 cm³/mol. The molecule has 0 amide bonds. The summed E-state index contributed by atoms with van der Waals surface area (Å²) in [5, 5.41) is 4.45. The van der Waals surface area contributed by atoms with E-state index in [2.05, 4.69) is 26.1 Å². The van der Waals surface area contributed by atoms with E-state index in [1.54, 1.807) is 12.1 Å². The van der Waals surface area contributed by atoms with Crippen LogP contribution in [0.2, 0.25) is 28.2 Å². The van der Waals surface area contributed by atoms with Gasteiger partial charge in [0.25, 0.3) is 0 Å². The minimum absolute atomic E-state index is 0.281. The Kier molecular flexibility index (Phi) is 8.90.